The Labute approximate surface area is 77.9 Å². The van der Waals surface area contributed by atoms with Gasteiger partial charge in [0.1, 0.15) is 13.9 Å². The molecule has 1 aromatic carbocycles. The summed E-state index contributed by atoms with van der Waals surface area (Å²) in [7, 11) is 5.69. The van der Waals surface area contributed by atoms with Crippen molar-refractivity contribution < 1.29 is 4.79 Å². The lowest BCUT2D eigenvalue weighted by Gasteiger charge is -2.25. The van der Waals surface area contributed by atoms with Crippen molar-refractivity contribution in [2.45, 2.75) is 13.0 Å². The average Bonchev–Trinajstić information content (AvgIpc) is 2.09. The molecule has 0 fully saturated rings. The van der Waals surface area contributed by atoms with E-state index in [4.69, 9.17) is 7.85 Å². The molecule has 64 valence electrons. The summed E-state index contributed by atoms with van der Waals surface area (Å²) in [4.78, 5) is 11.3. The quantitative estimate of drug-likeness (QED) is 0.550. The van der Waals surface area contributed by atoms with Crippen LogP contribution in [0.15, 0.2) is 18.2 Å². The van der Waals surface area contributed by atoms with Crippen LogP contribution >= 0.6 is 0 Å². The molecule has 1 aliphatic heterocycles. The zero-order chi connectivity index (χ0) is 9.42. The molecule has 0 bridgehead atoms. The first kappa shape index (κ1) is 8.17. The highest BCUT2D eigenvalue weighted by molar-refractivity contribution is 6.37. The Morgan fingerprint density at radius 3 is 3.00 bits per heavy atom. The van der Waals surface area contributed by atoms with Gasteiger partial charge in [0.2, 0.25) is 5.91 Å². The van der Waals surface area contributed by atoms with Crippen molar-refractivity contribution in [3.63, 3.8) is 0 Å². The monoisotopic (exact) mass is 172 g/mol. The first-order valence-electron chi connectivity index (χ1n) is 4.14. The van der Waals surface area contributed by atoms with Gasteiger partial charge in [0, 0.05) is 0 Å². The van der Waals surface area contributed by atoms with E-state index in [9.17, 15) is 4.79 Å². The van der Waals surface area contributed by atoms with Gasteiger partial charge in [-0.15, -0.1) is 0 Å². The maximum absolute atomic E-state index is 11.3. The summed E-state index contributed by atoms with van der Waals surface area (Å²) in [5.74, 6) is -0.0506. The van der Waals surface area contributed by atoms with E-state index in [1.54, 1.807) is 6.07 Å². The van der Waals surface area contributed by atoms with Crippen molar-refractivity contribution in [3.8, 4) is 0 Å². The summed E-state index contributed by atoms with van der Waals surface area (Å²) in [5.41, 5.74) is 2.16. The molecule has 1 aliphatic rings. The highest BCUT2D eigenvalue weighted by atomic mass is 16.2. The third-order valence-corrected chi connectivity index (χ3v) is 2.11. The molecule has 1 atom stereocenters. The second-order valence-electron chi connectivity index (χ2n) is 3.13. The smallest absolute Gasteiger partial charge is 0.246 e. The van der Waals surface area contributed by atoms with Gasteiger partial charge in [0.15, 0.2) is 0 Å². The maximum Gasteiger partial charge on any atom is 0.246 e. The van der Waals surface area contributed by atoms with Crippen molar-refractivity contribution in [3.05, 3.63) is 18.2 Å². The van der Waals surface area contributed by atoms with Gasteiger partial charge in [-0.25, -0.2) is 0 Å². The van der Waals surface area contributed by atoms with Crippen LogP contribution in [0.25, 0.3) is 0 Å². The van der Waals surface area contributed by atoms with Gasteiger partial charge in [-0.1, -0.05) is 17.6 Å². The molecule has 1 aromatic rings. The molecule has 0 aliphatic carbocycles. The lowest BCUT2D eigenvalue weighted by Crippen LogP contribution is -2.38. The fraction of sp³-hybridized carbons (Fsp3) is 0.222. The molecule has 13 heavy (non-hydrogen) atoms. The average molecular weight is 172 g/mol. The fourth-order valence-corrected chi connectivity index (χ4v) is 1.36. The predicted molar refractivity (Wildman–Crippen MR) is 53.5 cm³/mol. The van der Waals surface area contributed by atoms with Crippen LogP contribution in [-0.4, -0.2) is 19.8 Å². The van der Waals surface area contributed by atoms with E-state index in [0.29, 0.717) is 11.2 Å². The second-order valence-corrected chi connectivity index (χ2v) is 3.13. The third-order valence-electron chi connectivity index (χ3n) is 2.11. The standard InChI is InChI=1S/C9H9BN2O/c1-5-9(13)12-8-6(10)3-2-4-7(8)11-5/h2-5,11H,1H3,(H,12,13)/t5-/m0/s1. The number of para-hydroxylation sites is 1. The van der Waals surface area contributed by atoms with Crippen LogP contribution in [0.1, 0.15) is 6.92 Å². The van der Waals surface area contributed by atoms with Gasteiger partial charge < -0.3 is 10.6 Å². The molecule has 0 spiro atoms. The molecule has 2 N–H and O–H groups in total. The molecule has 0 aromatic heterocycles. The molecule has 4 heteroatoms. The molecule has 0 saturated carbocycles. The molecular weight excluding hydrogens is 163 g/mol. The fourth-order valence-electron chi connectivity index (χ4n) is 1.36. The van der Waals surface area contributed by atoms with E-state index >= 15 is 0 Å². The maximum atomic E-state index is 11.3. The first-order chi connectivity index (χ1) is 6.18. The number of anilines is 2. The Morgan fingerprint density at radius 2 is 2.23 bits per heavy atom. The van der Waals surface area contributed by atoms with Crippen LogP contribution in [-0.2, 0) is 4.79 Å². The molecule has 1 heterocycles. The molecule has 3 nitrogen and oxygen atoms in total. The SMILES string of the molecule is [B]c1cccc2c1NC(=O)[C@H](C)N2. The molecule has 0 unspecified atom stereocenters. The van der Waals surface area contributed by atoms with Crippen LogP contribution in [0.3, 0.4) is 0 Å². The van der Waals surface area contributed by atoms with Crippen LogP contribution in [0.4, 0.5) is 11.4 Å². The normalized spacial score (nSPS) is 20.1. The summed E-state index contributed by atoms with van der Waals surface area (Å²) in [6, 6.07) is 5.30. The number of rotatable bonds is 0. The van der Waals surface area contributed by atoms with E-state index in [1.165, 1.54) is 0 Å². The summed E-state index contributed by atoms with van der Waals surface area (Å²) in [6.45, 7) is 1.81. The highest BCUT2D eigenvalue weighted by Gasteiger charge is 2.21. The number of hydrogen-bond donors (Lipinski definition) is 2. The van der Waals surface area contributed by atoms with E-state index in [-0.39, 0.29) is 11.9 Å². The Kier molecular flexibility index (Phi) is 1.76. The van der Waals surface area contributed by atoms with Crippen molar-refractivity contribution in [1.82, 2.24) is 0 Å². The van der Waals surface area contributed by atoms with Crippen molar-refractivity contribution >= 4 is 30.6 Å². The number of hydrogen-bond acceptors (Lipinski definition) is 2. The van der Waals surface area contributed by atoms with Gasteiger partial charge >= 0.3 is 0 Å². The van der Waals surface area contributed by atoms with E-state index in [1.807, 2.05) is 19.1 Å². The van der Waals surface area contributed by atoms with Crippen LogP contribution in [0.5, 0.6) is 0 Å². The van der Waals surface area contributed by atoms with Crippen LogP contribution < -0.4 is 16.1 Å². The van der Waals surface area contributed by atoms with Gasteiger partial charge in [-0.3, -0.25) is 4.79 Å². The lowest BCUT2D eigenvalue weighted by molar-refractivity contribution is -0.116. The van der Waals surface area contributed by atoms with Crippen molar-refractivity contribution in [2.75, 3.05) is 10.6 Å². The Balaban J connectivity index is 2.48. The summed E-state index contributed by atoms with van der Waals surface area (Å²) >= 11 is 0. The molecule has 0 saturated heterocycles. The number of carbonyl (C=O) groups is 1. The Morgan fingerprint density at radius 1 is 1.46 bits per heavy atom. The Bertz CT molecular complexity index is 365. The van der Waals surface area contributed by atoms with Crippen molar-refractivity contribution in [2.24, 2.45) is 0 Å². The van der Waals surface area contributed by atoms with E-state index in [2.05, 4.69) is 10.6 Å². The van der Waals surface area contributed by atoms with Gasteiger partial charge in [-0.2, -0.15) is 0 Å². The zero-order valence-electron chi connectivity index (χ0n) is 7.29. The van der Waals surface area contributed by atoms with Gasteiger partial charge in [-0.05, 0) is 13.0 Å². The van der Waals surface area contributed by atoms with E-state index in [0.717, 1.165) is 5.69 Å². The largest absolute Gasteiger partial charge is 0.372 e. The summed E-state index contributed by atoms with van der Waals surface area (Å²) in [6.07, 6.45) is 0. The number of carbonyl (C=O) groups excluding carboxylic acids is 1. The minimum absolute atomic E-state index is 0.0506. The molecular formula is C9H9BN2O. The molecule has 1 amide bonds. The molecule has 2 rings (SSSR count). The second kappa shape index (κ2) is 2.80. The lowest BCUT2D eigenvalue weighted by atomic mass is 9.92. The first-order valence-corrected chi connectivity index (χ1v) is 4.14. The summed E-state index contributed by atoms with van der Waals surface area (Å²) in [5, 5.41) is 5.81. The Hall–Kier alpha value is -1.45. The number of amides is 1. The van der Waals surface area contributed by atoms with Crippen LogP contribution in [0.2, 0.25) is 0 Å². The van der Waals surface area contributed by atoms with Crippen LogP contribution in [0, 0.1) is 0 Å². The van der Waals surface area contributed by atoms with Gasteiger partial charge in [0.05, 0.1) is 11.4 Å². The number of fused-ring (bicyclic) bond motifs is 1. The number of nitrogens with one attached hydrogen (secondary N) is 2. The third kappa shape index (κ3) is 1.28. The minimum atomic E-state index is -0.200. The minimum Gasteiger partial charge on any atom is -0.372 e. The van der Waals surface area contributed by atoms with Crippen molar-refractivity contribution in [1.29, 1.82) is 0 Å². The highest BCUT2D eigenvalue weighted by Crippen LogP contribution is 2.23. The predicted octanol–water partition coefficient (Wildman–Crippen LogP) is 0.233. The summed E-state index contributed by atoms with van der Waals surface area (Å²) < 4.78 is 0. The number of benzene rings is 1. The topological polar surface area (TPSA) is 41.1 Å². The molecule has 2 radical (unpaired) electrons. The van der Waals surface area contributed by atoms with Gasteiger partial charge in [0.25, 0.3) is 0 Å². The zero-order valence-corrected chi connectivity index (χ0v) is 7.29. The van der Waals surface area contributed by atoms with E-state index < -0.39 is 0 Å².